The highest BCUT2D eigenvalue weighted by Gasteiger charge is 2.09. The maximum Gasteiger partial charge on any atom is 0.333 e. The average Bonchev–Trinajstić information content (AvgIpc) is 2.30. The lowest BCUT2D eigenvalue weighted by Crippen LogP contribution is -2.24. The van der Waals surface area contributed by atoms with Crippen LogP contribution < -0.4 is 0 Å². The second-order valence-corrected chi connectivity index (χ2v) is 4.73. The lowest BCUT2D eigenvalue weighted by Gasteiger charge is -2.11. The Morgan fingerprint density at radius 1 is 1.19 bits per heavy atom. The van der Waals surface area contributed by atoms with Crippen LogP contribution in [0, 0.1) is 0 Å². The predicted octanol–water partition coefficient (Wildman–Crippen LogP) is 3.71. The number of aliphatic hydroxyl groups is 1. The zero-order valence-corrected chi connectivity index (χ0v) is 11.1. The van der Waals surface area contributed by atoms with Gasteiger partial charge in [0.2, 0.25) is 0 Å². The van der Waals surface area contributed by atoms with E-state index in [9.17, 15) is 9.90 Å². The van der Waals surface area contributed by atoms with Gasteiger partial charge in [0.25, 0.3) is 0 Å². The van der Waals surface area contributed by atoms with Gasteiger partial charge in [-0.2, -0.15) is 11.8 Å². The molecule has 1 N–H and O–H groups in total. The summed E-state index contributed by atoms with van der Waals surface area (Å²) >= 11 is 1.74. The molecule has 1 atom stereocenters. The minimum atomic E-state index is -0.892. The van der Waals surface area contributed by atoms with Crippen molar-refractivity contribution >= 4 is 17.7 Å². The van der Waals surface area contributed by atoms with E-state index in [1.54, 1.807) is 18.7 Å². The normalized spacial score (nSPS) is 9.86. The molecule has 0 radical (unpaired) electrons. The van der Waals surface area contributed by atoms with Gasteiger partial charge in [-0.25, -0.2) is 14.6 Å². The summed E-state index contributed by atoms with van der Waals surface area (Å²) in [5.41, 5.74) is 0.297. The Morgan fingerprint density at radius 2 is 1.76 bits per heavy atom. The Bertz CT molecular complexity index is 234. The molecule has 0 bridgehead atoms. The van der Waals surface area contributed by atoms with E-state index in [0.29, 0.717) is 12.2 Å². The van der Waals surface area contributed by atoms with Crippen LogP contribution >= 0.6 is 11.8 Å². The van der Waals surface area contributed by atoms with E-state index < -0.39 is 12.1 Å². The zero-order chi connectivity index (χ0) is 13.1. The summed E-state index contributed by atoms with van der Waals surface area (Å²) in [6.45, 7) is 7.34. The van der Waals surface area contributed by atoms with Gasteiger partial charge in [-0.3, -0.25) is 0 Å². The lowest BCUT2D eigenvalue weighted by atomic mass is 10.3. The van der Waals surface area contributed by atoms with E-state index in [1.165, 1.54) is 0 Å². The topological polar surface area (TPSA) is 65.0 Å². The molecule has 0 aromatic carbocycles. The number of ether oxygens (including phenoxy) is 1. The number of hydrogen-bond acceptors (Lipinski definition) is 6. The van der Waals surface area contributed by atoms with E-state index in [4.69, 9.17) is 14.5 Å². The fourth-order valence-electron chi connectivity index (χ4n) is 0.766. The second kappa shape index (κ2) is 21.7. The van der Waals surface area contributed by atoms with Crippen molar-refractivity contribution in [3.63, 3.8) is 0 Å². The van der Waals surface area contributed by atoms with Gasteiger partial charge in [-0.1, -0.05) is 43.2 Å². The number of carbonyl (C=O) groups excluding carboxylic acids is 1. The number of hydrogen-bond donors (Lipinski definition) is 1. The van der Waals surface area contributed by atoms with Crippen molar-refractivity contribution in [3.8, 4) is 0 Å². The summed E-state index contributed by atoms with van der Waals surface area (Å²) in [6.07, 6.45) is -0.892. The maximum atomic E-state index is 11.0. The molecule has 0 aliphatic rings. The second-order valence-electron chi connectivity index (χ2n) is 3.34. The Balaban J connectivity index is -0.000000213. The van der Waals surface area contributed by atoms with Crippen molar-refractivity contribution in [1.82, 2.24) is 0 Å². The van der Waals surface area contributed by atoms with Crippen LogP contribution in [0.4, 0.5) is 0 Å². The summed E-state index contributed by atoms with van der Waals surface area (Å²) in [5, 5.41) is 9.37. The molecule has 0 aromatic rings. The van der Waals surface area contributed by atoms with Crippen molar-refractivity contribution in [3.05, 3.63) is 12.2 Å². The Labute approximate surface area is 136 Å². The van der Waals surface area contributed by atoms with E-state index in [1.807, 2.05) is 0 Å². The summed E-state index contributed by atoms with van der Waals surface area (Å²) in [6, 6.07) is 0. The summed E-state index contributed by atoms with van der Waals surface area (Å²) < 4.78 is 4.73. The largest absolute Gasteiger partial charge is 0.460 e. The number of aliphatic hydroxyl groups excluding tert-OH is 1. The predicted molar refractivity (Wildman–Crippen MR) is 93.6 cm³/mol. The molecular weight excluding hydrogens is 292 g/mol. The van der Waals surface area contributed by atoms with E-state index in [0.717, 1.165) is 11.5 Å². The first-order chi connectivity index (χ1) is 8.07. The molecule has 0 aliphatic heterocycles. The van der Waals surface area contributed by atoms with Gasteiger partial charge in [0.1, 0.15) is 19.3 Å². The van der Waals surface area contributed by atoms with Crippen LogP contribution in [0.2, 0.25) is 0 Å². The van der Waals surface area contributed by atoms with Crippen molar-refractivity contribution in [2.24, 2.45) is 0 Å². The molecule has 0 aliphatic carbocycles. The fraction of sp³-hybridized carbons (Fsp3) is 0.800. The third-order valence-electron chi connectivity index (χ3n) is 1.61. The Kier molecular flexibility index (Phi) is 33.5. The summed E-state index contributed by atoms with van der Waals surface area (Å²) in [5.74, 6) is 1.35. The summed E-state index contributed by atoms with van der Waals surface area (Å²) in [4.78, 5) is 20.6. The van der Waals surface area contributed by atoms with Crippen LogP contribution in [-0.2, 0) is 19.3 Å². The van der Waals surface area contributed by atoms with Gasteiger partial charge >= 0.3 is 5.97 Å². The lowest BCUT2D eigenvalue weighted by molar-refractivity contribution is -0.302. The molecule has 132 valence electrons. The fourth-order valence-corrected chi connectivity index (χ4v) is 1.24. The highest BCUT2D eigenvalue weighted by Crippen LogP contribution is 1.98. The van der Waals surface area contributed by atoms with Gasteiger partial charge in [0.15, 0.2) is 0 Å². The van der Waals surface area contributed by atoms with Crippen molar-refractivity contribution in [1.29, 1.82) is 0 Å². The van der Waals surface area contributed by atoms with Gasteiger partial charge in [0, 0.05) is 11.3 Å². The number of thioether (sulfide) groups is 1. The summed E-state index contributed by atoms with van der Waals surface area (Å²) in [7, 11) is 0. The standard InChI is InChI=1S/C11H20O5S.4CH4/c1-4-17-6-5-15-16-8-10(12)7-14-11(13)9(2)3;;;;/h10,12H,2,4-8H2,1,3H3;4*1H4. The van der Waals surface area contributed by atoms with Crippen molar-refractivity contribution < 1.29 is 24.4 Å². The molecule has 0 heterocycles. The van der Waals surface area contributed by atoms with E-state index >= 15 is 0 Å². The van der Waals surface area contributed by atoms with E-state index in [2.05, 4.69) is 13.5 Å². The highest BCUT2D eigenvalue weighted by atomic mass is 32.2. The highest BCUT2D eigenvalue weighted by molar-refractivity contribution is 7.99. The van der Waals surface area contributed by atoms with Gasteiger partial charge < -0.3 is 9.84 Å². The minimum Gasteiger partial charge on any atom is -0.460 e. The third-order valence-corrected chi connectivity index (χ3v) is 2.48. The van der Waals surface area contributed by atoms with Gasteiger partial charge in [-0.15, -0.1) is 0 Å². The molecule has 0 saturated carbocycles. The van der Waals surface area contributed by atoms with E-state index in [-0.39, 0.29) is 42.9 Å². The number of carbonyl (C=O) groups is 1. The van der Waals surface area contributed by atoms with Crippen LogP contribution in [0.1, 0.15) is 43.6 Å². The smallest absolute Gasteiger partial charge is 0.333 e. The molecule has 0 fully saturated rings. The quantitative estimate of drug-likeness (QED) is 0.217. The van der Waals surface area contributed by atoms with Crippen LogP contribution in [0.15, 0.2) is 12.2 Å². The SMILES string of the molecule is C.C.C.C.C=C(C)C(=O)OCC(O)COOCCSCC. The molecular formula is C15H36O5S. The molecule has 6 heteroatoms. The minimum absolute atomic E-state index is 0. The molecule has 1 unspecified atom stereocenters. The van der Waals surface area contributed by atoms with Crippen LogP contribution in [-0.4, -0.2) is 48.5 Å². The molecule has 0 spiro atoms. The molecule has 0 amide bonds. The van der Waals surface area contributed by atoms with Gasteiger partial charge in [-0.05, 0) is 12.7 Å². The average molecular weight is 329 g/mol. The molecule has 0 rings (SSSR count). The Morgan fingerprint density at radius 3 is 2.24 bits per heavy atom. The third kappa shape index (κ3) is 21.9. The molecule has 0 aromatic heterocycles. The van der Waals surface area contributed by atoms with Gasteiger partial charge in [0.05, 0.1) is 6.61 Å². The first-order valence-electron chi connectivity index (χ1n) is 5.40. The number of rotatable bonds is 10. The van der Waals surface area contributed by atoms with Crippen LogP contribution in [0.25, 0.3) is 0 Å². The molecule has 0 saturated heterocycles. The first kappa shape index (κ1) is 32.4. The monoisotopic (exact) mass is 328 g/mol. The van der Waals surface area contributed by atoms with Crippen molar-refractivity contribution in [2.45, 2.75) is 49.7 Å². The van der Waals surface area contributed by atoms with Crippen LogP contribution in [0.5, 0.6) is 0 Å². The maximum absolute atomic E-state index is 11.0. The van der Waals surface area contributed by atoms with Crippen LogP contribution in [0.3, 0.4) is 0 Å². The zero-order valence-electron chi connectivity index (χ0n) is 10.3. The van der Waals surface area contributed by atoms with Crippen molar-refractivity contribution in [2.75, 3.05) is 31.3 Å². The first-order valence-corrected chi connectivity index (χ1v) is 6.56. The molecule has 5 nitrogen and oxygen atoms in total. The molecule has 21 heavy (non-hydrogen) atoms. The number of esters is 1. The Hall–Kier alpha value is -0.560.